The average molecular weight is 258 g/mol. The Morgan fingerprint density at radius 3 is 2.61 bits per heavy atom. The zero-order valence-electron chi connectivity index (χ0n) is 10.8. The molecule has 1 rings (SSSR count). The van der Waals surface area contributed by atoms with Gasteiger partial charge in [-0.05, 0) is 19.3 Å². The minimum Gasteiger partial charge on any atom is -0.481 e. The van der Waals surface area contributed by atoms with Gasteiger partial charge < -0.3 is 20.4 Å². The quantitative estimate of drug-likeness (QED) is 0.680. The number of aliphatic hydroxyl groups is 1. The predicted octanol–water partition coefficient (Wildman–Crippen LogP) is 0.796. The molecule has 0 aromatic heterocycles. The maximum atomic E-state index is 11.8. The van der Waals surface area contributed by atoms with Crippen LogP contribution in [0.2, 0.25) is 0 Å². The number of carbonyl (C=O) groups excluding carboxylic acids is 1. The Hall–Kier alpha value is -1.30. The maximum Gasteiger partial charge on any atom is 0.317 e. The lowest BCUT2D eigenvalue weighted by Gasteiger charge is -2.30. The summed E-state index contributed by atoms with van der Waals surface area (Å²) < 4.78 is 0. The third-order valence-corrected chi connectivity index (χ3v) is 3.27. The molecule has 0 bridgehead atoms. The average Bonchev–Trinajstić information content (AvgIpc) is 2.31. The van der Waals surface area contributed by atoms with Gasteiger partial charge in [-0.15, -0.1) is 0 Å². The Labute approximate surface area is 107 Å². The molecule has 1 saturated carbocycles. The second-order valence-corrected chi connectivity index (χ2v) is 4.83. The molecule has 2 atom stereocenters. The standard InChI is InChI=1S/C12H22N2O4/c1-14(8-4-7-11(16)17)12(18)13-9-5-2-3-6-10(9)15/h9-10,15H,2-8H2,1H3,(H,13,18)(H,16,17). The number of carboxylic acids is 1. The Balaban J connectivity index is 2.28. The molecule has 0 aliphatic heterocycles. The van der Waals surface area contributed by atoms with E-state index in [4.69, 9.17) is 5.11 Å². The van der Waals surface area contributed by atoms with Crippen molar-refractivity contribution in [2.45, 2.75) is 50.7 Å². The molecule has 18 heavy (non-hydrogen) atoms. The maximum absolute atomic E-state index is 11.8. The summed E-state index contributed by atoms with van der Waals surface area (Å²) in [5, 5.41) is 21.0. The molecule has 0 aromatic rings. The zero-order valence-corrected chi connectivity index (χ0v) is 10.8. The second-order valence-electron chi connectivity index (χ2n) is 4.83. The van der Waals surface area contributed by atoms with Crippen LogP contribution in [0.15, 0.2) is 0 Å². The molecule has 1 aliphatic carbocycles. The molecule has 0 saturated heterocycles. The molecular weight excluding hydrogens is 236 g/mol. The van der Waals surface area contributed by atoms with Crippen LogP contribution >= 0.6 is 0 Å². The van der Waals surface area contributed by atoms with Crippen molar-refractivity contribution in [3.8, 4) is 0 Å². The molecule has 6 nitrogen and oxygen atoms in total. The van der Waals surface area contributed by atoms with Gasteiger partial charge in [0.25, 0.3) is 0 Å². The van der Waals surface area contributed by atoms with E-state index in [1.807, 2.05) is 0 Å². The number of carbonyl (C=O) groups is 2. The van der Waals surface area contributed by atoms with Crippen molar-refractivity contribution in [3.05, 3.63) is 0 Å². The van der Waals surface area contributed by atoms with Crippen LogP contribution in [-0.4, -0.2) is 52.9 Å². The van der Waals surface area contributed by atoms with Crippen LogP contribution < -0.4 is 5.32 Å². The molecule has 3 N–H and O–H groups in total. The third-order valence-electron chi connectivity index (χ3n) is 3.27. The molecule has 1 fully saturated rings. The second kappa shape index (κ2) is 7.20. The molecule has 0 heterocycles. The first-order valence-electron chi connectivity index (χ1n) is 6.42. The summed E-state index contributed by atoms with van der Waals surface area (Å²) in [5.41, 5.74) is 0. The number of aliphatic carboxylic acids is 1. The van der Waals surface area contributed by atoms with E-state index in [1.54, 1.807) is 7.05 Å². The van der Waals surface area contributed by atoms with Crippen molar-refractivity contribution in [2.75, 3.05) is 13.6 Å². The molecule has 6 heteroatoms. The third kappa shape index (κ3) is 4.91. The summed E-state index contributed by atoms with van der Waals surface area (Å²) in [6.07, 6.45) is 3.59. The molecule has 2 amide bonds. The van der Waals surface area contributed by atoms with Gasteiger partial charge in [0.1, 0.15) is 0 Å². The number of nitrogens with one attached hydrogen (secondary N) is 1. The number of carboxylic acid groups (broad SMARTS) is 1. The van der Waals surface area contributed by atoms with Gasteiger partial charge in [0.05, 0.1) is 12.1 Å². The summed E-state index contributed by atoms with van der Waals surface area (Å²) in [6, 6.07) is -0.417. The van der Waals surface area contributed by atoms with E-state index in [0.29, 0.717) is 13.0 Å². The highest BCUT2D eigenvalue weighted by Crippen LogP contribution is 2.18. The van der Waals surface area contributed by atoms with E-state index in [-0.39, 0.29) is 18.5 Å². The van der Waals surface area contributed by atoms with Gasteiger partial charge in [0, 0.05) is 20.0 Å². The fourth-order valence-corrected chi connectivity index (χ4v) is 2.12. The zero-order chi connectivity index (χ0) is 13.5. The van der Waals surface area contributed by atoms with Gasteiger partial charge in [-0.25, -0.2) is 4.79 Å². The van der Waals surface area contributed by atoms with Gasteiger partial charge >= 0.3 is 12.0 Å². The van der Waals surface area contributed by atoms with Crippen molar-refractivity contribution < 1.29 is 19.8 Å². The highest BCUT2D eigenvalue weighted by molar-refractivity contribution is 5.74. The normalized spacial score (nSPS) is 23.4. The van der Waals surface area contributed by atoms with Crippen molar-refractivity contribution >= 4 is 12.0 Å². The summed E-state index contributed by atoms with van der Waals surface area (Å²) in [4.78, 5) is 23.6. The van der Waals surface area contributed by atoms with Gasteiger partial charge in [-0.3, -0.25) is 4.79 Å². The topological polar surface area (TPSA) is 89.9 Å². The lowest BCUT2D eigenvalue weighted by atomic mass is 9.93. The van der Waals surface area contributed by atoms with Crippen LogP contribution in [0.3, 0.4) is 0 Å². The largest absolute Gasteiger partial charge is 0.481 e. The summed E-state index contributed by atoms with van der Waals surface area (Å²) >= 11 is 0. The fraction of sp³-hybridized carbons (Fsp3) is 0.833. The van der Waals surface area contributed by atoms with E-state index in [0.717, 1.165) is 25.7 Å². The van der Waals surface area contributed by atoms with Crippen molar-refractivity contribution in [1.29, 1.82) is 0 Å². The summed E-state index contributed by atoms with van der Waals surface area (Å²) in [5.74, 6) is -0.855. The SMILES string of the molecule is CN(CCCC(=O)O)C(=O)NC1CCCCC1O. The van der Waals surface area contributed by atoms with Crippen LogP contribution in [0.5, 0.6) is 0 Å². The first kappa shape index (κ1) is 14.8. The monoisotopic (exact) mass is 258 g/mol. The van der Waals surface area contributed by atoms with Gasteiger partial charge in [-0.1, -0.05) is 12.8 Å². The highest BCUT2D eigenvalue weighted by Gasteiger charge is 2.25. The number of hydrogen-bond donors (Lipinski definition) is 3. The highest BCUT2D eigenvalue weighted by atomic mass is 16.4. The van der Waals surface area contributed by atoms with Crippen molar-refractivity contribution in [1.82, 2.24) is 10.2 Å². The van der Waals surface area contributed by atoms with Gasteiger partial charge in [-0.2, -0.15) is 0 Å². The molecule has 0 aromatic carbocycles. The number of urea groups is 1. The molecule has 1 aliphatic rings. The number of hydrogen-bond acceptors (Lipinski definition) is 3. The lowest BCUT2D eigenvalue weighted by molar-refractivity contribution is -0.137. The molecular formula is C12H22N2O4. The van der Waals surface area contributed by atoms with E-state index >= 15 is 0 Å². The Morgan fingerprint density at radius 2 is 2.00 bits per heavy atom. The van der Waals surface area contributed by atoms with Crippen LogP contribution in [0.4, 0.5) is 4.79 Å². The predicted molar refractivity (Wildman–Crippen MR) is 66.3 cm³/mol. The lowest BCUT2D eigenvalue weighted by Crippen LogP contribution is -2.49. The van der Waals surface area contributed by atoms with E-state index in [9.17, 15) is 14.7 Å². The van der Waals surface area contributed by atoms with Crippen LogP contribution in [0.1, 0.15) is 38.5 Å². The van der Waals surface area contributed by atoms with Crippen molar-refractivity contribution in [3.63, 3.8) is 0 Å². The van der Waals surface area contributed by atoms with Crippen LogP contribution in [0.25, 0.3) is 0 Å². The van der Waals surface area contributed by atoms with Crippen LogP contribution in [-0.2, 0) is 4.79 Å². The Morgan fingerprint density at radius 1 is 1.33 bits per heavy atom. The number of aliphatic hydroxyl groups excluding tert-OH is 1. The minimum absolute atomic E-state index is 0.0592. The number of nitrogens with zero attached hydrogens (tertiary/aromatic N) is 1. The summed E-state index contributed by atoms with van der Waals surface area (Å²) in [7, 11) is 1.63. The number of amides is 2. The first-order valence-corrected chi connectivity index (χ1v) is 6.42. The molecule has 104 valence electrons. The molecule has 2 unspecified atom stereocenters. The van der Waals surface area contributed by atoms with E-state index < -0.39 is 12.1 Å². The fourth-order valence-electron chi connectivity index (χ4n) is 2.12. The first-order chi connectivity index (χ1) is 8.50. The number of rotatable bonds is 5. The smallest absolute Gasteiger partial charge is 0.317 e. The molecule has 0 spiro atoms. The van der Waals surface area contributed by atoms with E-state index in [1.165, 1.54) is 4.90 Å². The van der Waals surface area contributed by atoms with Crippen molar-refractivity contribution in [2.24, 2.45) is 0 Å². The van der Waals surface area contributed by atoms with Gasteiger partial charge in [0.2, 0.25) is 0 Å². The van der Waals surface area contributed by atoms with Gasteiger partial charge in [0.15, 0.2) is 0 Å². The van der Waals surface area contributed by atoms with Crippen LogP contribution in [0, 0.1) is 0 Å². The Kier molecular flexibility index (Phi) is 5.91. The minimum atomic E-state index is -0.855. The summed E-state index contributed by atoms with van der Waals surface area (Å²) in [6.45, 7) is 0.404. The van der Waals surface area contributed by atoms with E-state index in [2.05, 4.69) is 5.32 Å². The molecule has 0 radical (unpaired) electrons. The Bertz CT molecular complexity index is 296.